The number of amides is 3. The molecule has 0 spiro atoms. The van der Waals surface area contributed by atoms with Gasteiger partial charge in [0, 0.05) is 0 Å². The van der Waals surface area contributed by atoms with Crippen molar-refractivity contribution in [2.45, 2.75) is 20.0 Å². The molecule has 0 radical (unpaired) electrons. The molecule has 8 heteroatoms. The molecule has 1 aromatic carbocycles. The third-order valence-electron chi connectivity index (χ3n) is 2.73. The van der Waals surface area contributed by atoms with Gasteiger partial charge >= 0.3 is 6.03 Å². The zero-order chi connectivity index (χ0) is 16.3. The highest BCUT2D eigenvalue weighted by atomic mass is 35.5. The molecule has 0 aromatic heterocycles. The number of hydrogen-bond donors (Lipinski definition) is 1. The van der Waals surface area contributed by atoms with Crippen LogP contribution in [0.1, 0.15) is 19.4 Å². The maximum absolute atomic E-state index is 11.4. The summed E-state index contributed by atoms with van der Waals surface area (Å²) in [6, 6.07) is 2.77. The molecule has 22 heavy (non-hydrogen) atoms. The molecule has 1 aliphatic rings. The van der Waals surface area contributed by atoms with E-state index in [9.17, 15) is 9.59 Å². The van der Waals surface area contributed by atoms with Gasteiger partial charge in [0.15, 0.2) is 11.5 Å². The molecule has 0 saturated carbocycles. The number of carbonyl (C=O) groups is 2. The lowest BCUT2D eigenvalue weighted by Gasteiger charge is -2.15. The van der Waals surface area contributed by atoms with E-state index >= 15 is 0 Å². The van der Waals surface area contributed by atoms with Crippen LogP contribution in [0.5, 0.6) is 11.5 Å². The van der Waals surface area contributed by atoms with Crippen LogP contribution in [0.3, 0.4) is 0 Å². The molecule has 0 unspecified atom stereocenters. The van der Waals surface area contributed by atoms with Crippen LogP contribution in [0, 0.1) is 0 Å². The Morgan fingerprint density at radius 1 is 1.41 bits per heavy atom. The summed E-state index contributed by atoms with van der Waals surface area (Å²) in [6.45, 7) is 3.66. The maximum atomic E-state index is 11.4. The Kier molecular flexibility index (Phi) is 4.87. The van der Waals surface area contributed by atoms with Crippen molar-refractivity contribution in [3.05, 3.63) is 22.7 Å². The summed E-state index contributed by atoms with van der Waals surface area (Å²) in [5.41, 5.74) is 0.616. The molecule has 0 bridgehead atoms. The van der Waals surface area contributed by atoms with Crippen molar-refractivity contribution in [1.82, 2.24) is 10.3 Å². The second-order valence-corrected chi connectivity index (χ2v) is 5.26. The first-order chi connectivity index (χ1) is 10.4. The number of benzene rings is 1. The van der Waals surface area contributed by atoms with E-state index in [-0.39, 0.29) is 12.6 Å². The van der Waals surface area contributed by atoms with E-state index in [4.69, 9.17) is 21.1 Å². The summed E-state index contributed by atoms with van der Waals surface area (Å²) < 4.78 is 10.9. The van der Waals surface area contributed by atoms with Crippen molar-refractivity contribution in [2.24, 2.45) is 5.10 Å². The highest BCUT2D eigenvalue weighted by Gasteiger charge is 2.26. The van der Waals surface area contributed by atoms with Crippen molar-refractivity contribution >= 4 is 29.8 Å². The van der Waals surface area contributed by atoms with Crippen molar-refractivity contribution in [3.8, 4) is 11.5 Å². The molecule has 1 fully saturated rings. The smallest absolute Gasteiger partial charge is 0.344 e. The average molecular weight is 326 g/mol. The summed E-state index contributed by atoms with van der Waals surface area (Å²) >= 11 is 6.19. The van der Waals surface area contributed by atoms with E-state index in [2.05, 4.69) is 10.4 Å². The first-order valence-corrected chi connectivity index (χ1v) is 6.98. The summed E-state index contributed by atoms with van der Waals surface area (Å²) in [6.07, 6.45) is 1.37. The number of methoxy groups -OCH3 is 1. The number of ether oxygens (including phenoxy) is 2. The average Bonchev–Trinajstić information content (AvgIpc) is 2.76. The lowest BCUT2D eigenvalue weighted by Crippen LogP contribution is -2.24. The van der Waals surface area contributed by atoms with E-state index in [0.717, 1.165) is 5.01 Å². The first kappa shape index (κ1) is 16.1. The van der Waals surface area contributed by atoms with Crippen LogP contribution in [0.4, 0.5) is 4.79 Å². The van der Waals surface area contributed by atoms with Crippen LogP contribution in [-0.2, 0) is 4.79 Å². The number of halogens is 1. The zero-order valence-electron chi connectivity index (χ0n) is 12.4. The lowest BCUT2D eigenvalue weighted by molar-refractivity contribution is -0.118. The van der Waals surface area contributed by atoms with Crippen LogP contribution in [-0.4, -0.2) is 42.9 Å². The molecule has 2 rings (SSSR count). The third-order valence-corrected chi connectivity index (χ3v) is 3.01. The Bertz CT molecular complexity index is 631. The fourth-order valence-electron chi connectivity index (χ4n) is 1.83. The molecule has 1 heterocycles. The van der Waals surface area contributed by atoms with Crippen LogP contribution in [0.25, 0.3) is 0 Å². The monoisotopic (exact) mass is 325 g/mol. The minimum Gasteiger partial charge on any atom is -0.493 e. The quantitative estimate of drug-likeness (QED) is 0.663. The number of hydrogen-bond acceptors (Lipinski definition) is 5. The predicted molar refractivity (Wildman–Crippen MR) is 81.6 cm³/mol. The van der Waals surface area contributed by atoms with E-state index in [1.807, 2.05) is 13.8 Å². The van der Waals surface area contributed by atoms with Gasteiger partial charge in [0.2, 0.25) is 5.91 Å². The van der Waals surface area contributed by atoms with Gasteiger partial charge in [0.05, 0.1) is 24.5 Å². The highest BCUT2D eigenvalue weighted by molar-refractivity contribution is 6.32. The summed E-state index contributed by atoms with van der Waals surface area (Å²) in [5, 5.41) is 7.48. The minimum absolute atomic E-state index is 0.0507. The maximum Gasteiger partial charge on any atom is 0.344 e. The van der Waals surface area contributed by atoms with Crippen molar-refractivity contribution in [1.29, 1.82) is 0 Å². The van der Waals surface area contributed by atoms with Gasteiger partial charge in [-0.1, -0.05) is 11.6 Å². The Balaban J connectivity index is 2.23. The molecule has 1 aliphatic heterocycles. The number of hydrazone groups is 1. The van der Waals surface area contributed by atoms with Gasteiger partial charge in [-0.3, -0.25) is 10.1 Å². The summed E-state index contributed by atoms with van der Waals surface area (Å²) in [5.74, 6) is 0.522. The van der Waals surface area contributed by atoms with Gasteiger partial charge < -0.3 is 9.47 Å². The highest BCUT2D eigenvalue weighted by Crippen LogP contribution is 2.36. The molecule has 3 amide bonds. The normalized spacial score (nSPS) is 14.9. The van der Waals surface area contributed by atoms with Crippen molar-refractivity contribution < 1.29 is 19.1 Å². The van der Waals surface area contributed by atoms with Crippen molar-refractivity contribution in [3.63, 3.8) is 0 Å². The number of rotatable bonds is 5. The molecular formula is C14H16ClN3O4. The van der Waals surface area contributed by atoms with E-state index in [1.165, 1.54) is 13.3 Å². The van der Waals surface area contributed by atoms with Gasteiger partial charge in [0.1, 0.15) is 6.54 Å². The second-order valence-electron chi connectivity index (χ2n) is 4.86. The Labute approximate surface area is 132 Å². The molecule has 118 valence electrons. The molecule has 1 N–H and O–H groups in total. The van der Waals surface area contributed by atoms with Gasteiger partial charge in [0.25, 0.3) is 0 Å². The summed E-state index contributed by atoms with van der Waals surface area (Å²) in [7, 11) is 1.51. The van der Waals surface area contributed by atoms with E-state index in [0.29, 0.717) is 22.1 Å². The predicted octanol–water partition coefficient (Wildman–Crippen LogP) is 2.02. The van der Waals surface area contributed by atoms with Gasteiger partial charge in [-0.25, -0.2) is 9.80 Å². The van der Waals surface area contributed by atoms with Crippen LogP contribution in [0.15, 0.2) is 17.2 Å². The molecule has 1 aromatic rings. The van der Waals surface area contributed by atoms with E-state index in [1.54, 1.807) is 12.1 Å². The fourth-order valence-corrected chi connectivity index (χ4v) is 2.09. The SMILES string of the molecule is COc1cc(/C=N\N2CC(=O)NC2=O)cc(Cl)c1OC(C)C. The van der Waals surface area contributed by atoms with Gasteiger partial charge in [-0.2, -0.15) is 5.10 Å². The standard InChI is InChI=1S/C14H16ClN3O4/c1-8(2)22-13-10(15)4-9(5-11(13)21-3)6-16-18-7-12(19)17-14(18)20/h4-6,8H,7H2,1-3H3,(H,17,19,20)/b16-6-. The van der Waals surface area contributed by atoms with E-state index < -0.39 is 11.9 Å². The second kappa shape index (κ2) is 6.65. The third kappa shape index (κ3) is 3.67. The first-order valence-electron chi connectivity index (χ1n) is 6.60. The number of imide groups is 1. The number of nitrogens with one attached hydrogen (secondary N) is 1. The van der Waals surface area contributed by atoms with Crippen LogP contribution in [0.2, 0.25) is 5.02 Å². The van der Waals surface area contributed by atoms with Gasteiger partial charge in [-0.05, 0) is 31.5 Å². The molecule has 0 atom stereocenters. The Morgan fingerprint density at radius 3 is 2.68 bits per heavy atom. The lowest BCUT2D eigenvalue weighted by atomic mass is 10.2. The largest absolute Gasteiger partial charge is 0.493 e. The van der Waals surface area contributed by atoms with Crippen LogP contribution < -0.4 is 14.8 Å². The zero-order valence-corrected chi connectivity index (χ0v) is 13.2. The van der Waals surface area contributed by atoms with Crippen molar-refractivity contribution in [2.75, 3.05) is 13.7 Å². The molecule has 1 saturated heterocycles. The number of nitrogens with zero attached hydrogens (tertiary/aromatic N) is 2. The minimum atomic E-state index is -0.556. The molecule has 0 aliphatic carbocycles. The topological polar surface area (TPSA) is 80.2 Å². The van der Waals surface area contributed by atoms with Gasteiger partial charge in [-0.15, -0.1) is 0 Å². The van der Waals surface area contributed by atoms with Crippen LogP contribution >= 0.6 is 11.6 Å². The summed E-state index contributed by atoms with van der Waals surface area (Å²) in [4.78, 5) is 22.5. The number of urea groups is 1. The molecule has 7 nitrogen and oxygen atoms in total. The Morgan fingerprint density at radius 2 is 2.14 bits per heavy atom. The fraction of sp³-hybridized carbons (Fsp3) is 0.357. The number of carbonyl (C=O) groups excluding carboxylic acids is 2. The molecular weight excluding hydrogens is 310 g/mol. The Hall–Kier alpha value is -2.28.